The van der Waals surface area contributed by atoms with Crippen molar-refractivity contribution < 1.29 is 4.74 Å². The molecule has 0 aromatic heterocycles. The van der Waals surface area contributed by atoms with Crippen LogP contribution in [0.25, 0.3) is 0 Å². The fraction of sp³-hybridized carbons (Fsp3) is 0.800. The maximum atomic E-state index is 5.33. The number of thioether (sulfide) groups is 1. The molecule has 1 atom stereocenters. The van der Waals surface area contributed by atoms with Gasteiger partial charge in [-0.15, -0.1) is 0 Å². The van der Waals surface area contributed by atoms with Gasteiger partial charge in [0.15, 0.2) is 5.96 Å². The lowest BCUT2D eigenvalue weighted by Gasteiger charge is -2.16. The number of aliphatic imine (C=N–C) groups is 1. The van der Waals surface area contributed by atoms with Crippen molar-refractivity contribution in [3.63, 3.8) is 0 Å². The predicted octanol–water partition coefficient (Wildman–Crippen LogP) is 2.17. The van der Waals surface area contributed by atoms with Gasteiger partial charge in [-0.25, -0.2) is 0 Å². The lowest BCUT2D eigenvalue weighted by Crippen LogP contribution is -2.38. The number of hydrogen-bond donors (Lipinski definition) is 2. The molecule has 2 heterocycles. The summed E-state index contributed by atoms with van der Waals surface area (Å²) in [5.74, 6) is 2.27. The maximum Gasteiger partial charge on any atom is 0.191 e. The average Bonchev–Trinajstić information content (AvgIpc) is 2.99. The number of rotatable bonds is 6. The van der Waals surface area contributed by atoms with Crippen molar-refractivity contribution in [2.24, 2.45) is 4.99 Å². The highest BCUT2D eigenvalue weighted by molar-refractivity contribution is 8.00. The van der Waals surface area contributed by atoms with Crippen molar-refractivity contribution in [3.05, 3.63) is 11.6 Å². The van der Waals surface area contributed by atoms with E-state index in [0.29, 0.717) is 0 Å². The number of nitrogens with zero attached hydrogens (tertiary/aromatic N) is 1. The maximum absolute atomic E-state index is 5.33. The van der Waals surface area contributed by atoms with Gasteiger partial charge in [0, 0.05) is 18.3 Å². The highest BCUT2D eigenvalue weighted by Crippen LogP contribution is 2.25. The normalized spacial score (nSPS) is 23.6. The molecule has 2 aliphatic rings. The van der Waals surface area contributed by atoms with Gasteiger partial charge < -0.3 is 15.4 Å². The second-order valence-corrected chi connectivity index (χ2v) is 6.63. The largest absolute Gasteiger partial charge is 0.377 e. The third-order valence-corrected chi connectivity index (χ3v) is 5.00. The lowest BCUT2D eigenvalue weighted by molar-refractivity contribution is 0.153. The summed E-state index contributed by atoms with van der Waals surface area (Å²) < 4.78 is 5.33. The standard InChI is InChI=1S/C15H27N3OS/c1-2-16-15(18-12-14-4-3-11-20-14)17-8-5-13-6-9-19-10-7-13/h6,14H,2-5,7-12H2,1H3,(H2,16,17,18). The summed E-state index contributed by atoms with van der Waals surface area (Å²) >= 11 is 2.06. The first-order valence-corrected chi connectivity index (χ1v) is 8.83. The number of guanidine groups is 1. The first-order valence-electron chi connectivity index (χ1n) is 7.78. The zero-order valence-corrected chi connectivity index (χ0v) is 13.3. The summed E-state index contributed by atoms with van der Waals surface area (Å²) in [4.78, 5) is 4.71. The average molecular weight is 297 g/mol. The molecule has 0 aromatic carbocycles. The molecular formula is C15H27N3OS. The molecule has 0 amide bonds. The molecule has 0 saturated carbocycles. The molecule has 2 aliphatic heterocycles. The number of ether oxygens (including phenoxy) is 1. The second kappa shape index (κ2) is 9.29. The van der Waals surface area contributed by atoms with Crippen LogP contribution in [0.15, 0.2) is 16.6 Å². The highest BCUT2D eigenvalue weighted by Gasteiger charge is 2.14. The first kappa shape index (κ1) is 15.7. The van der Waals surface area contributed by atoms with Crippen LogP contribution in [0.4, 0.5) is 0 Å². The Morgan fingerprint density at radius 2 is 2.45 bits per heavy atom. The van der Waals surface area contributed by atoms with Crippen molar-refractivity contribution in [2.45, 2.75) is 37.9 Å². The Morgan fingerprint density at radius 3 is 3.15 bits per heavy atom. The van der Waals surface area contributed by atoms with Crippen LogP contribution in [0.1, 0.15) is 32.6 Å². The van der Waals surface area contributed by atoms with Gasteiger partial charge in [-0.3, -0.25) is 4.99 Å². The monoisotopic (exact) mass is 297 g/mol. The smallest absolute Gasteiger partial charge is 0.191 e. The zero-order chi connectivity index (χ0) is 14.0. The number of nitrogens with one attached hydrogen (secondary N) is 2. The molecule has 0 spiro atoms. The molecule has 1 saturated heterocycles. The van der Waals surface area contributed by atoms with Crippen LogP contribution in [-0.2, 0) is 4.74 Å². The summed E-state index contributed by atoms with van der Waals surface area (Å²) in [7, 11) is 0. The quantitative estimate of drug-likeness (QED) is 0.448. The minimum Gasteiger partial charge on any atom is -0.377 e. The van der Waals surface area contributed by atoms with Crippen molar-refractivity contribution >= 4 is 17.7 Å². The Balaban J connectivity index is 1.70. The third kappa shape index (κ3) is 5.75. The van der Waals surface area contributed by atoms with E-state index in [1.165, 1.54) is 24.2 Å². The van der Waals surface area contributed by atoms with Gasteiger partial charge in [0.05, 0.1) is 19.8 Å². The van der Waals surface area contributed by atoms with Crippen molar-refractivity contribution in [1.29, 1.82) is 0 Å². The topological polar surface area (TPSA) is 45.7 Å². The Hall–Kier alpha value is -0.680. The molecule has 114 valence electrons. The molecule has 1 fully saturated rings. The Bertz CT molecular complexity index is 338. The van der Waals surface area contributed by atoms with Gasteiger partial charge in [0.25, 0.3) is 0 Å². The SMILES string of the molecule is CCNC(=NCC1CCCS1)NCCC1=CCOCC1. The van der Waals surface area contributed by atoms with Crippen LogP contribution >= 0.6 is 11.8 Å². The summed E-state index contributed by atoms with van der Waals surface area (Å²) in [6.45, 7) is 6.58. The molecule has 4 nitrogen and oxygen atoms in total. The van der Waals surface area contributed by atoms with Crippen molar-refractivity contribution in [3.8, 4) is 0 Å². The summed E-state index contributed by atoms with van der Waals surface area (Å²) in [5.41, 5.74) is 1.51. The molecule has 5 heteroatoms. The Kier molecular flexibility index (Phi) is 7.30. The van der Waals surface area contributed by atoms with E-state index >= 15 is 0 Å². The summed E-state index contributed by atoms with van der Waals surface area (Å²) in [5, 5.41) is 7.50. The van der Waals surface area contributed by atoms with E-state index in [1.54, 1.807) is 0 Å². The van der Waals surface area contributed by atoms with Gasteiger partial charge in [-0.1, -0.05) is 11.6 Å². The molecule has 0 aliphatic carbocycles. The Morgan fingerprint density at radius 1 is 1.50 bits per heavy atom. The summed E-state index contributed by atoms with van der Waals surface area (Å²) in [6.07, 6.45) is 7.05. The Labute approximate surface area is 126 Å². The van der Waals surface area contributed by atoms with E-state index in [-0.39, 0.29) is 0 Å². The molecule has 20 heavy (non-hydrogen) atoms. The second-order valence-electron chi connectivity index (χ2n) is 5.22. The van der Waals surface area contributed by atoms with E-state index in [2.05, 4.69) is 35.4 Å². The van der Waals surface area contributed by atoms with Crippen molar-refractivity contribution in [1.82, 2.24) is 10.6 Å². The fourth-order valence-electron chi connectivity index (χ4n) is 2.46. The fourth-order valence-corrected chi connectivity index (χ4v) is 3.64. The van der Waals surface area contributed by atoms with Gasteiger partial charge in [-0.05, 0) is 38.4 Å². The predicted molar refractivity (Wildman–Crippen MR) is 87.6 cm³/mol. The van der Waals surface area contributed by atoms with E-state index in [0.717, 1.165) is 56.9 Å². The van der Waals surface area contributed by atoms with Crippen LogP contribution in [0.3, 0.4) is 0 Å². The molecule has 0 bridgehead atoms. The van der Waals surface area contributed by atoms with Crippen LogP contribution in [0.5, 0.6) is 0 Å². The van der Waals surface area contributed by atoms with E-state index in [4.69, 9.17) is 9.73 Å². The number of hydrogen-bond acceptors (Lipinski definition) is 3. The minimum absolute atomic E-state index is 0.726. The van der Waals surface area contributed by atoms with Crippen LogP contribution < -0.4 is 10.6 Å². The molecule has 0 radical (unpaired) electrons. The molecule has 1 unspecified atom stereocenters. The van der Waals surface area contributed by atoms with Crippen molar-refractivity contribution in [2.75, 3.05) is 38.6 Å². The van der Waals surface area contributed by atoms with Gasteiger partial charge in [-0.2, -0.15) is 11.8 Å². The zero-order valence-electron chi connectivity index (χ0n) is 12.5. The van der Waals surface area contributed by atoms with Gasteiger partial charge >= 0.3 is 0 Å². The molecule has 2 N–H and O–H groups in total. The van der Waals surface area contributed by atoms with E-state index in [1.807, 2.05) is 0 Å². The third-order valence-electron chi connectivity index (χ3n) is 3.62. The molecule has 0 aromatic rings. The first-order chi connectivity index (χ1) is 9.88. The van der Waals surface area contributed by atoms with Gasteiger partial charge in [0.2, 0.25) is 0 Å². The van der Waals surface area contributed by atoms with E-state index < -0.39 is 0 Å². The minimum atomic E-state index is 0.726. The lowest BCUT2D eigenvalue weighted by atomic mass is 10.1. The molecular weight excluding hydrogens is 270 g/mol. The highest BCUT2D eigenvalue weighted by atomic mass is 32.2. The van der Waals surface area contributed by atoms with E-state index in [9.17, 15) is 0 Å². The molecule has 2 rings (SSSR count). The summed E-state index contributed by atoms with van der Waals surface area (Å²) in [6, 6.07) is 0. The van der Waals surface area contributed by atoms with Crippen LogP contribution in [-0.4, -0.2) is 49.8 Å². The van der Waals surface area contributed by atoms with Crippen LogP contribution in [0, 0.1) is 0 Å². The van der Waals surface area contributed by atoms with Gasteiger partial charge in [0.1, 0.15) is 0 Å². The van der Waals surface area contributed by atoms with Crippen LogP contribution in [0.2, 0.25) is 0 Å².